The van der Waals surface area contributed by atoms with Gasteiger partial charge in [0, 0.05) is 31.1 Å². The highest BCUT2D eigenvalue weighted by Gasteiger charge is 2.09. The summed E-state index contributed by atoms with van der Waals surface area (Å²) in [5.74, 6) is -0.0331. The number of aromatic nitrogens is 1. The van der Waals surface area contributed by atoms with Crippen molar-refractivity contribution in [2.75, 3.05) is 19.0 Å². The zero-order valence-electron chi connectivity index (χ0n) is 12.4. The lowest BCUT2D eigenvalue weighted by Gasteiger charge is -2.04. The summed E-state index contributed by atoms with van der Waals surface area (Å²) in [5, 5.41) is 5.00. The number of benzene rings is 1. The molecule has 1 aromatic heterocycles. The Morgan fingerprint density at radius 3 is 2.74 bits per heavy atom. The van der Waals surface area contributed by atoms with Gasteiger partial charge >= 0.3 is 6.61 Å². The highest BCUT2D eigenvalue weighted by molar-refractivity contribution is 7.14. The molecular formula is C15H16F2N2O3S. The molecule has 124 valence electrons. The third-order valence-electron chi connectivity index (χ3n) is 2.88. The monoisotopic (exact) mass is 342 g/mol. The third-order valence-corrected chi connectivity index (χ3v) is 3.64. The minimum absolute atomic E-state index is 0.0886. The van der Waals surface area contributed by atoms with Crippen LogP contribution in [0.2, 0.25) is 0 Å². The van der Waals surface area contributed by atoms with Crippen molar-refractivity contribution < 1.29 is 23.0 Å². The Labute approximate surface area is 136 Å². The number of anilines is 1. The van der Waals surface area contributed by atoms with Gasteiger partial charge in [-0.05, 0) is 30.7 Å². The van der Waals surface area contributed by atoms with Crippen LogP contribution in [0, 0.1) is 0 Å². The number of halogens is 2. The number of hydrogen-bond acceptors (Lipinski definition) is 5. The summed E-state index contributed by atoms with van der Waals surface area (Å²) in [4.78, 5) is 16.0. The quantitative estimate of drug-likeness (QED) is 0.742. The zero-order valence-corrected chi connectivity index (χ0v) is 13.2. The summed E-state index contributed by atoms with van der Waals surface area (Å²) in [6.07, 6.45) is 1.01. The summed E-state index contributed by atoms with van der Waals surface area (Å²) in [7, 11) is 1.59. The van der Waals surface area contributed by atoms with E-state index in [2.05, 4.69) is 15.0 Å². The van der Waals surface area contributed by atoms with E-state index in [0.717, 1.165) is 5.56 Å². The molecule has 1 aromatic carbocycles. The van der Waals surface area contributed by atoms with Crippen LogP contribution in [0.1, 0.15) is 12.8 Å². The molecule has 0 aliphatic rings. The van der Waals surface area contributed by atoms with Crippen LogP contribution in [-0.2, 0) is 9.53 Å². The number of amides is 1. The van der Waals surface area contributed by atoms with Crippen molar-refractivity contribution >= 4 is 22.4 Å². The van der Waals surface area contributed by atoms with Gasteiger partial charge in [0.25, 0.3) is 0 Å². The summed E-state index contributed by atoms with van der Waals surface area (Å²) in [6.45, 7) is -2.32. The summed E-state index contributed by atoms with van der Waals surface area (Å²) < 4.78 is 33.4. The SMILES string of the molecule is COCCCC(=O)Nc1nc(-c2ccc(OC(F)F)cc2)cs1. The molecule has 0 atom stereocenters. The van der Waals surface area contributed by atoms with E-state index in [0.29, 0.717) is 30.3 Å². The molecule has 1 N–H and O–H groups in total. The third kappa shape index (κ3) is 5.57. The Kier molecular flexibility index (Phi) is 6.42. The number of rotatable bonds is 8. The van der Waals surface area contributed by atoms with Crippen molar-refractivity contribution in [1.29, 1.82) is 0 Å². The van der Waals surface area contributed by atoms with Gasteiger partial charge in [0.1, 0.15) is 5.75 Å². The van der Waals surface area contributed by atoms with Gasteiger partial charge in [-0.25, -0.2) is 4.98 Å². The maximum Gasteiger partial charge on any atom is 0.387 e. The average Bonchev–Trinajstić information content (AvgIpc) is 2.96. The van der Waals surface area contributed by atoms with Crippen molar-refractivity contribution in [1.82, 2.24) is 4.98 Å². The molecular weight excluding hydrogens is 326 g/mol. The van der Waals surface area contributed by atoms with Crippen LogP contribution < -0.4 is 10.1 Å². The van der Waals surface area contributed by atoms with E-state index in [9.17, 15) is 13.6 Å². The molecule has 8 heteroatoms. The number of nitrogens with zero attached hydrogens (tertiary/aromatic N) is 1. The van der Waals surface area contributed by atoms with Crippen molar-refractivity contribution in [2.45, 2.75) is 19.5 Å². The van der Waals surface area contributed by atoms with Crippen LogP contribution >= 0.6 is 11.3 Å². The number of alkyl halides is 2. The van der Waals surface area contributed by atoms with Crippen LogP contribution in [0.3, 0.4) is 0 Å². The molecule has 0 bridgehead atoms. The first-order chi connectivity index (χ1) is 11.1. The molecule has 0 saturated carbocycles. The van der Waals surface area contributed by atoms with Crippen molar-refractivity contribution in [3.05, 3.63) is 29.6 Å². The lowest BCUT2D eigenvalue weighted by molar-refractivity contribution is -0.116. The summed E-state index contributed by atoms with van der Waals surface area (Å²) in [6, 6.07) is 6.17. The lowest BCUT2D eigenvalue weighted by atomic mass is 10.2. The smallest absolute Gasteiger partial charge is 0.387 e. The van der Waals surface area contributed by atoms with E-state index < -0.39 is 6.61 Å². The van der Waals surface area contributed by atoms with Gasteiger partial charge in [-0.1, -0.05) is 0 Å². The van der Waals surface area contributed by atoms with Crippen molar-refractivity contribution in [2.24, 2.45) is 0 Å². The lowest BCUT2D eigenvalue weighted by Crippen LogP contribution is -2.11. The van der Waals surface area contributed by atoms with Crippen LogP contribution in [0.4, 0.5) is 13.9 Å². The first-order valence-corrected chi connectivity index (χ1v) is 7.76. The van der Waals surface area contributed by atoms with Gasteiger partial charge in [0.05, 0.1) is 5.69 Å². The van der Waals surface area contributed by atoms with Crippen molar-refractivity contribution in [3.63, 3.8) is 0 Å². The fourth-order valence-corrected chi connectivity index (χ4v) is 2.57. The number of carbonyl (C=O) groups excluding carboxylic acids is 1. The van der Waals surface area contributed by atoms with Gasteiger partial charge in [-0.3, -0.25) is 4.79 Å². The second kappa shape index (κ2) is 8.54. The van der Waals surface area contributed by atoms with Gasteiger partial charge in [0.2, 0.25) is 5.91 Å². The Morgan fingerprint density at radius 1 is 1.35 bits per heavy atom. The molecule has 0 saturated heterocycles. The van der Waals surface area contributed by atoms with Crippen LogP contribution in [0.15, 0.2) is 29.6 Å². The maximum atomic E-state index is 12.1. The predicted molar refractivity (Wildman–Crippen MR) is 83.9 cm³/mol. The standard InChI is InChI=1S/C15H16F2N2O3S/c1-21-8-2-3-13(20)19-15-18-12(9-23-15)10-4-6-11(7-5-10)22-14(16)17/h4-7,9,14H,2-3,8H2,1H3,(H,18,19,20). The van der Waals surface area contributed by atoms with Crippen LogP contribution in [0.5, 0.6) is 5.75 Å². The molecule has 0 radical (unpaired) electrons. The predicted octanol–water partition coefficient (Wildman–Crippen LogP) is 3.78. The van der Waals surface area contributed by atoms with Crippen LogP contribution in [0.25, 0.3) is 11.3 Å². The first-order valence-electron chi connectivity index (χ1n) is 6.88. The minimum Gasteiger partial charge on any atom is -0.435 e. The molecule has 2 rings (SSSR count). The second-order valence-corrected chi connectivity index (χ2v) is 5.44. The van der Waals surface area contributed by atoms with Gasteiger partial charge in [-0.15, -0.1) is 11.3 Å². The molecule has 23 heavy (non-hydrogen) atoms. The topological polar surface area (TPSA) is 60.5 Å². The summed E-state index contributed by atoms with van der Waals surface area (Å²) in [5.41, 5.74) is 1.41. The molecule has 5 nitrogen and oxygen atoms in total. The molecule has 0 aliphatic carbocycles. The normalized spacial score (nSPS) is 10.8. The van der Waals surface area contributed by atoms with Crippen LogP contribution in [-0.4, -0.2) is 31.2 Å². The minimum atomic E-state index is -2.85. The molecule has 1 amide bonds. The highest BCUT2D eigenvalue weighted by atomic mass is 32.1. The number of nitrogens with one attached hydrogen (secondary N) is 1. The second-order valence-electron chi connectivity index (χ2n) is 4.59. The fourth-order valence-electron chi connectivity index (χ4n) is 1.83. The Bertz CT molecular complexity index is 632. The number of hydrogen-bond donors (Lipinski definition) is 1. The number of ether oxygens (including phenoxy) is 2. The van der Waals surface area contributed by atoms with E-state index in [4.69, 9.17) is 4.74 Å². The summed E-state index contributed by atoms with van der Waals surface area (Å²) >= 11 is 1.30. The average molecular weight is 342 g/mol. The number of methoxy groups -OCH3 is 1. The van der Waals surface area contributed by atoms with Gasteiger partial charge in [0.15, 0.2) is 5.13 Å². The van der Waals surface area contributed by atoms with E-state index >= 15 is 0 Å². The Hall–Kier alpha value is -2.06. The Balaban J connectivity index is 1.94. The van der Waals surface area contributed by atoms with E-state index in [1.54, 1.807) is 24.6 Å². The van der Waals surface area contributed by atoms with E-state index in [1.807, 2.05) is 0 Å². The van der Waals surface area contributed by atoms with E-state index in [1.165, 1.54) is 23.5 Å². The first kappa shape index (κ1) is 17.3. The number of thiazole rings is 1. The highest BCUT2D eigenvalue weighted by Crippen LogP contribution is 2.27. The van der Waals surface area contributed by atoms with Crippen molar-refractivity contribution in [3.8, 4) is 17.0 Å². The largest absolute Gasteiger partial charge is 0.435 e. The molecule has 0 spiro atoms. The molecule has 2 aromatic rings. The zero-order chi connectivity index (χ0) is 16.7. The molecule has 0 aliphatic heterocycles. The number of carbonyl (C=O) groups is 1. The molecule has 0 unspecified atom stereocenters. The van der Waals surface area contributed by atoms with E-state index in [-0.39, 0.29) is 11.7 Å². The molecule has 0 fully saturated rings. The van der Waals surface area contributed by atoms with Gasteiger partial charge < -0.3 is 14.8 Å². The Morgan fingerprint density at radius 2 is 2.09 bits per heavy atom. The maximum absolute atomic E-state index is 12.1. The fraction of sp³-hybridized carbons (Fsp3) is 0.333. The molecule has 1 heterocycles. The van der Waals surface area contributed by atoms with Gasteiger partial charge in [-0.2, -0.15) is 8.78 Å².